The molecule has 0 bridgehead atoms. The lowest BCUT2D eigenvalue weighted by molar-refractivity contribution is 0.760. The van der Waals surface area contributed by atoms with Crippen molar-refractivity contribution in [3.05, 3.63) is 130 Å². The molecule has 6 nitrogen and oxygen atoms in total. The van der Waals surface area contributed by atoms with Gasteiger partial charge in [0.2, 0.25) is 6.19 Å². The number of nitrogens with zero attached hydrogens (tertiary/aromatic N) is 5. The molecule has 0 aromatic heterocycles. The van der Waals surface area contributed by atoms with Crippen LogP contribution in [0.1, 0.15) is 39.4 Å². The van der Waals surface area contributed by atoms with Crippen molar-refractivity contribution in [2.75, 3.05) is 0 Å². The number of hydrogen-bond acceptors (Lipinski definition) is 6. The van der Waals surface area contributed by atoms with E-state index in [1.54, 1.807) is 12.1 Å². The number of benzene rings is 5. The van der Waals surface area contributed by atoms with Crippen LogP contribution < -0.4 is 5.32 Å². The zero-order chi connectivity index (χ0) is 28.8. The van der Waals surface area contributed by atoms with Crippen LogP contribution in [0.5, 0.6) is 0 Å². The van der Waals surface area contributed by atoms with Crippen LogP contribution in [0.15, 0.2) is 102 Å². The van der Waals surface area contributed by atoms with Crippen LogP contribution in [0.4, 0.5) is 0 Å². The lowest BCUT2D eigenvalue weighted by Crippen LogP contribution is -2.14. The number of nitriles is 4. The zero-order valence-corrected chi connectivity index (χ0v) is 22.1. The van der Waals surface area contributed by atoms with Gasteiger partial charge in [-0.1, -0.05) is 48.5 Å². The maximum absolute atomic E-state index is 9.70. The van der Waals surface area contributed by atoms with Crippen LogP contribution in [-0.4, -0.2) is 5.71 Å². The molecule has 0 amide bonds. The second-order valence-corrected chi connectivity index (χ2v) is 10.2. The molecule has 0 saturated carbocycles. The maximum Gasteiger partial charge on any atom is 0.206 e. The van der Waals surface area contributed by atoms with Gasteiger partial charge in [-0.05, 0) is 104 Å². The van der Waals surface area contributed by atoms with Gasteiger partial charge >= 0.3 is 0 Å². The third-order valence-corrected chi connectivity index (χ3v) is 7.99. The molecule has 0 radical (unpaired) electrons. The first kappa shape index (κ1) is 24.6. The average molecular weight is 535 g/mol. The van der Waals surface area contributed by atoms with Crippen molar-refractivity contribution in [1.29, 1.82) is 21.0 Å². The van der Waals surface area contributed by atoms with Gasteiger partial charge in [-0.3, -0.25) is 0 Å². The fourth-order valence-electron chi connectivity index (χ4n) is 6.13. The molecule has 5 aromatic carbocycles. The minimum absolute atomic E-state index is 0.349. The first-order chi connectivity index (χ1) is 20.6. The van der Waals surface area contributed by atoms with Gasteiger partial charge in [0.05, 0.1) is 35.0 Å². The Kier molecular flexibility index (Phi) is 5.62. The number of aliphatic imine (C=N–C) groups is 1. The molecule has 42 heavy (non-hydrogen) atoms. The number of rotatable bonds is 3. The predicted octanol–water partition coefficient (Wildman–Crippen LogP) is 7.20. The summed E-state index contributed by atoms with van der Waals surface area (Å²) in [6.07, 6.45) is 4.12. The Morgan fingerprint density at radius 2 is 1.12 bits per heavy atom. The van der Waals surface area contributed by atoms with Gasteiger partial charge in [0, 0.05) is 11.1 Å². The standard InChI is InChI=1S/C36H18N6/c37-17-21-3-1-5-23(11-21)25-7-9-27-29-15-34-30(16-33(29)35(41-19-39)31(27)13-25)28-10-8-26(14-32(28)36(34)42-20-40)24-6-2-4-22(12-24)18-38/h1-16,35,41H. The van der Waals surface area contributed by atoms with Gasteiger partial charge < -0.3 is 5.32 Å². The molecule has 0 aliphatic heterocycles. The highest BCUT2D eigenvalue weighted by atomic mass is 14.9. The highest BCUT2D eigenvalue weighted by Crippen LogP contribution is 2.50. The third-order valence-electron chi connectivity index (χ3n) is 7.99. The Morgan fingerprint density at radius 3 is 1.76 bits per heavy atom. The Balaban J connectivity index is 1.37. The molecule has 192 valence electrons. The van der Waals surface area contributed by atoms with Crippen molar-refractivity contribution in [2.45, 2.75) is 6.04 Å². The van der Waals surface area contributed by atoms with E-state index in [-0.39, 0.29) is 6.04 Å². The molecule has 0 saturated heterocycles. The van der Waals surface area contributed by atoms with Gasteiger partial charge in [0.1, 0.15) is 0 Å². The summed E-state index contributed by atoms with van der Waals surface area (Å²) in [6, 6.07) is 35.3. The van der Waals surface area contributed by atoms with Gasteiger partial charge in [-0.15, -0.1) is 0 Å². The maximum atomic E-state index is 9.70. The van der Waals surface area contributed by atoms with Crippen LogP contribution in [0.3, 0.4) is 0 Å². The van der Waals surface area contributed by atoms with E-state index in [1.165, 1.54) is 0 Å². The molecule has 1 unspecified atom stereocenters. The minimum atomic E-state index is -0.349. The Bertz CT molecular complexity index is 2180. The topological polar surface area (TPSA) is 120 Å². The molecule has 1 N–H and O–H groups in total. The van der Waals surface area contributed by atoms with E-state index in [0.717, 1.165) is 66.8 Å². The van der Waals surface area contributed by atoms with Crippen molar-refractivity contribution in [3.63, 3.8) is 0 Å². The van der Waals surface area contributed by atoms with Gasteiger partial charge in [0.25, 0.3) is 0 Å². The van der Waals surface area contributed by atoms with Crippen LogP contribution in [0, 0.1) is 45.6 Å². The van der Waals surface area contributed by atoms with E-state index in [0.29, 0.717) is 16.8 Å². The molecule has 1 atom stereocenters. The molecule has 6 heteroatoms. The fraction of sp³-hybridized carbons (Fsp3) is 0.0278. The zero-order valence-electron chi connectivity index (χ0n) is 22.1. The quantitative estimate of drug-likeness (QED) is 0.190. The predicted molar refractivity (Wildman–Crippen MR) is 159 cm³/mol. The van der Waals surface area contributed by atoms with E-state index >= 15 is 0 Å². The Hall–Kier alpha value is -6.47. The van der Waals surface area contributed by atoms with Crippen molar-refractivity contribution in [1.82, 2.24) is 5.32 Å². The largest absolute Gasteiger partial charge is 0.312 e. The highest BCUT2D eigenvalue weighted by Gasteiger charge is 2.34. The van der Waals surface area contributed by atoms with Crippen molar-refractivity contribution >= 4 is 5.71 Å². The van der Waals surface area contributed by atoms with Gasteiger partial charge in [-0.25, -0.2) is 0 Å². The SMILES string of the molecule is N#CN=C1c2cc(-c3cccc(C#N)c3)ccc2-c2cc3c(cc21)-c1ccc(-c2cccc(C#N)c2)cc1C3NC#N. The molecule has 0 fully saturated rings. The summed E-state index contributed by atoms with van der Waals surface area (Å²) in [5.74, 6) is 0. The number of fused-ring (bicyclic) bond motifs is 6. The summed E-state index contributed by atoms with van der Waals surface area (Å²) in [6.45, 7) is 0. The molecule has 7 rings (SSSR count). The lowest BCUT2D eigenvalue weighted by atomic mass is 9.96. The Morgan fingerprint density at radius 1 is 0.524 bits per heavy atom. The minimum Gasteiger partial charge on any atom is -0.312 e. The summed E-state index contributed by atoms with van der Waals surface area (Å²) < 4.78 is 0. The summed E-state index contributed by atoms with van der Waals surface area (Å²) in [5.41, 5.74) is 13.1. The molecular weight excluding hydrogens is 516 g/mol. The summed E-state index contributed by atoms with van der Waals surface area (Å²) in [7, 11) is 0. The monoisotopic (exact) mass is 534 g/mol. The van der Waals surface area contributed by atoms with Crippen molar-refractivity contribution < 1.29 is 0 Å². The Labute approximate surface area is 242 Å². The summed E-state index contributed by atoms with van der Waals surface area (Å²) in [5, 5.41) is 41.0. The van der Waals surface area contributed by atoms with Crippen LogP contribution in [-0.2, 0) is 0 Å². The van der Waals surface area contributed by atoms with E-state index in [2.05, 4.69) is 52.9 Å². The fourth-order valence-corrected chi connectivity index (χ4v) is 6.13. The van der Waals surface area contributed by atoms with Crippen molar-refractivity contribution in [2.24, 2.45) is 4.99 Å². The first-order valence-electron chi connectivity index (χ1n) is 13.2. The molecular formula is C36H18N6. The van der Waals surface area contributed by atoms with E-state index in [4.69, 9.17) is 0 Å². The van der Waals surface area contributed by atoms with E-state index in [9.17, 15) is 21.0 Å². The molecule has 0 spiro atoms. The molecule has 2 aliphatic rings. The van der Waals surface area contributed by atoms with Crippen molar-refractivity contribution in [3.8, 4) is 69.0 Å². The lowest BCUT2D eigenvalue weighted by Gasteiger charge is -2.13. The number of hydrogen-bond donors (Lipinski definition) is 1. The number of nitrogens with one attached hydrogen (secondary N) is 1. The molecule has 2 aliphatic carbocycles. The van der Waals surface area contributed by atoms with Gasteiger partial charge in [-0.2, -0.15) is 26.0 Å². The second-order valence-electron chi connectivity index (χ2n) is 10.2. The summed E-state index contributed by atoms with van der Waals surface area (Å²) >= 11 is 0. The molecule has 0 heterocycles. The van der Waals surface area contributed by atoms with Gasteiger partial charge in [0.15, 0.2) is 6.19 Å². The van der Waals surface area contributed by atoms with E-state index in [1.807, 2.05) is 66.9 Å². The smallest absolute Gasteiger partial charge is 0.206 e. The van der Waals surface area contributed by atoms with Crippen LogP contribution in [0.2, 0.25) is 0 Å². The average Bonchev–Trinajstić information content (AvgIpc) is 3.51. The molecule has 5 aromatic rings. The van der Waals surface area contributed by atoms with E-state index < -0.39 is 0 Å². The first-order valence-corrected chi connectivity index (χ1v) is 13.2. The van der Waals surface area contributed by atoms with Crippen LogP contribution in [0.25, 0.3) is 44.5 Å². The normalized spacial score (nSPS) is 14.4. The second kappa shape index (κ2) is 9.62. The summed E-state index contributed by atoms with van der Waals surface area (Å²) in [4.78, 5) is 4.26. The van der Waals surface area contributed by atoms with Crippen LogP contribution >= 0.6 is 0 Å². The third kappa shape index (κ3) is 3.73. The highest BCUT2D eigenvalue weighted by molar-refractivity contribution is 6.26.